The molecule has 234 valence electrons. The molecule has 2 rings (SSSR count). The fraction of sp³-hybridized carbons (Fsp3) is 0.632. The zero-order valence-electron chi connectivity index (χ0n) is 28.0. The van der Waals surface area contributed by atoms with Crippen LogP contribution in [0.1, 0.15) is 121 Å². The Labute approximate surface area is 257 Å². The summed E-state index contributed by atoms with van der Waals surface area (Å²) in [6, 6.07) is 6.42. The van der Waals surface area contributed by atoms with Crippen LogP contribution in [0.25, 0.3) is 0 Å². The smallest absolute Gasteiger partial charge is 0.165 e. The van der Waals surface area contributed by atoms with Crippen LogP contribution in [0.4, 0.5) is 0 Å². The number of ether oxygens (including phenoxy) is 1. The van der Waals surface area contributed by atoms with Crippen molar-refractivity contribution in [2.24, 2.45) is 23.7 Å². The number of allylic oxidation sites excluding steroid dienone is 4. The lowest BCUT2D eigenvalue weighted by atomic mass is 9.71. The Balaban J connectivity index is 2.36. The first-order valence-electron chi connectivity index (χ1n) is 16.7. The fourth-order valence-corrected chi connectivity index (χ4v) is 6.63. The highest BCUT2D eigenvalue weighted by molar-refractivity contribution is 5.99. The van der Waals surface area contributed by atoms with Crippen LogP contribution < -0.4 is 0 Å². The normalized spacial score (nSPS) is 17.9. The van der Waals surface area contributed by atoms with E-state index in [0.717, 1.165) is 63.0 Å². The Kier molecular flexibility index (Phi) is 16.1. The maximum atomic E-state index is 13.6. The van der Waals surface area contributed by atoms with Crippen molar-refractivity contribution in [3.05, 3.63) is 71.0 Å². The van der Waals surface area contributed by atoms with Gasteiger partial charge in [0, 0.05) is 56.8 Å². The van der Waals surface area contributed by atoms with Crippen molar-refractivity contribution >= 4 is 11.6 Å². The van der Waals surface area contributed by atoms with Gasteiger partial charge in [-0.1, -0.05) is 90.5 Å². The molecule has 0 aromatic heterocycles. The van der Waals surface area contributed by atoms with Gasteiger partial charge in [0.25, 0.3) is 0 Å². The number of likely N-dealkylation sites (N-methyl/N-ethyl adjacent to an activating group) is 1. The number of carbonyl (C=O) groups is 2. The molecule has 0 bridgehead atoms. The first-order valence-corrected chi connectivity index (χ1v) is 16.7. The van der Waals surface area contributed by atoms with Crippen LogP contribution >= 0.6 is 0 Å². The second-order valence-corrected chi connectivity index (χ2v) is 12.3. The van der Waals surface area contributed by atoms with Crippen LogP contribution in [-0.4, -0.2) is 43.3 Å². The third-order valence-corrected chi connectivity index (χ3v) is 9.32. The third kappa shape index (κ3) is 10.1. The molecule has 1 aromatic carbocycles. The third-order valence-electron chi connectivity index (χ3n) is 9.32. The van der Waals surface area contributed by atoms with Crippen LogP contribution in [0.2, 0.25) is 0 Å². The first kappa shape index (κ1) is 35.7. The topological polar surface area (TPSA) is 46.6 Å². The van der Waals surface area contributed by atoms with Gasteiger partial charge in [-0.25, -0.2) is 0 Å². The molecule has 1 aliphatic rings. The molecule has 0 amide bonds. The number of hydrogen-bond donors (Lipinski definition) is 0. The Morgan fingerprint density at radius 1 is 1.05 bits per heavy atom. The molecular formula is C38H59NO3. The molecule has 1 aromatic rings. The Morgan fingerprint density at radius 3 is 2.36 bits per heavy atom. The summed E-state index contributed by atoms with van der Waals surface area (Å²) in [6.07, 6.45) is 18.2. The van der Waals surface area contributed by atoms with Gasteiger partial charge in [-0.05, 0) is 79.9 Å². The van der Waals surface area contributed by atoms with Crippen molar-refractivity contribution in [3.63, 3.8) is 0 Å². The minimum atomic E-state index is -0.0630. The Bertz CT molecular complexity index is 1060. The average Bonchev–Trinajstić information content (AvgIpc) is 3.01. The summed E-state index contributed by atoms with van der Waals surface area (Å²) >= 11 is 0. The summed E-state index contributed by atoms with van der Waals surface area (Å²) in [5, 5.41) is 0. The highest BCUT2D eigenvalue weighted by Crippen LogP contribution is 2.40. The molecule has 0 aliphatic carbocycles. The molecule has 0 N–H and O–H groups in total. The quantitative estimate of drug-likeness (QED) is 0.0990. The molecule has 1 saturated heterocycles. The Morgan fingerprint density at radius 2 is 1.76 bits per heavy atom. The highest BCUT2D eigenvalue weighted by atomic mass is 16.5. The molecule has 4 heteroatoms. The molecule has 1 fully saturated rings. The molecule has 0 radical (unpaired) electrons. The second-order valence-electron chi connectivity index (χ2n) is 12.3. The van der Waals surface area contributed by atoms with Gasteiger partial charge in [0.1, 0.15) is 5.78 Å². The van der Waals surface area contributed by atoms with E-state index in [4.69, 9.17) is 4.74 Å². The number of ketones is 2. The van der Waals surface area contributed by atoms with E-state index in [0.29, 0.717) is 24.2 Å². The average molecular weight is 578 g/mol. The number of nitrogens with zero attached hydrogens (tertiary/aromatic N) is 1. The van der Waals surface area contributed by atoms with E-state index in [9.17, 15) is 9.59 Å². The number of Topliss-reactive ketones (excluding diaryl/α,β-unsaturated/α-hetero) is 2. The molecule has 4 nitrogen and oxygen atoms in total. The van der Waals surface area contributed by atoms with Crippen LogP contribution in [0.5, 0.6) is 0 Å². The van der Waals surface area contributed by atoms with E-state index >= 15 is 0 Å². The standard InChI is InChI=1S/C38H59NO3/c1-9-17-31(32(12-4)37(40)13-5)27-39(8)24-15-14-19-35-34(20-16-21-36(35)38(41)28(6)11-3)29(7)33(18-10-2)30-22-25-42-26-23-30/h9,14-17,20-21,27-30,32-33H,10-13,18-19,22-26H2,1-8H3/b15-14?,17-9?,31-27+. The molecule has 0 saturated carbocycles. The minimum absolute atomic E-state index is 0.0128. The van der Waals surface area contributed by atoms with Crippen molar-refractivity contribution in [1.29, 1.82) is 0 Å². The fourth-order valence-electron chi connectivity index (χ4n) is 6.63. The largest absolute Gasteiger partial charge is 0.381 e. The van der Waals surface area contributed by atoms with Crippen molar-refractivity contribution in [3.8, 4) is 0 Å². The van der Waals surface area contributed by atoms with E-state index in [1.54, 1.807) is 0 Å². The maximum Gasteiger partial charge on any atom is 0.165 e. The van der Waals surface area contributed by atoms with Crippen molar-refractivity contribution < 1.29 is 14.3 Å². The summed E-state index contributed by atoms with van der Waals surface area (Å²) in [5.41, 5.74) is 4.50. The molecule has 42 heavy (non-hydrogen) atoms. The summed E-state index contributed by atoms with van der Waals surface area (Å²) in [6.45, 7) is 17.3. The van der Waals surface area contributed by atoms with Crippen molar-refractivity contribution in [1.82, 2.24) is 4.90 Å². The van der Waals surface area contributed by atoms with Gasteiger partial charge in [-0.2, -0.15) is 0 Å². The number of rotatable bonds is 18. The molecular weight excluding hydrogens is 518 g/mol. The number of benzene rings is 1. The first-order chi connectivity index (χ1) is 20.2. The Hall–Kier alpha value is -2.46. The zero-order valence-corrected chi connectivity index (χ0v) is 28.0. The second kappa shape index (κ2) is 18.9. The maximum absolute atomic E-state index is 13.6. The molecule has 4 unspecified atom stereocenters. The van der Waals surface area contributed by atoms with E-state index in [2.05, 4.69) is 83.1 Å². The van der Waals surface area contributed by atoms with E-state index in [1.165, 1.54) is 24.0 Å². The molecule has 4 atom stereocenters. The number of carbonyl (C=O) groups excluding carboxylic acids is 2. The SMILES string of the molecule is CC=C/C(=C\N(C)CC=CCc1c(C(=O)C(C)CC)cccc1C(C)C(CCC)C1CCOCC1)C(CC)C(=O)CC. The van der Waals surface area contributed by atoms with E-state index in [-0.39, 0.29) is 23.4 Å². The molecule has 1 heterocycles. The lowest BCUT2D eigenvalue weighted by Crippen LogP contribution is -2.27. The lowest BCUT2D eigenvalue weighted by Gasteiger charge is -2.35. The van der Waals surface area contributed by atoms with Crippen molar-refractivity contribution in [2.75, 3.05) is 26.8 Å². The van der Waals surface area contributed by atoms with Crippen LogP contribution in [0, 0.1) is 23.7 Å². The molecule has 0 spiro atoms. The lowest BCUT2D eigenvalue weighted by molar-refractivity contribution is -0.121. The van der Waals surface area contributed by atoms with Gasteiger partial charge < -0.3 is 9.64 Å². The zero-order chi connectivity index (χ0) is 31.1. The highest BCUT2D eigenvalue weighted by Gasteiger charge is 2.31. The van der Waals surface area contributed by atoms with Crippen LogP contribution in [-0.2, 0) is 16.0 Å². The summed E-state index contributed by atoms with van der Waals surface area (Å²) in [4.78, 5) is 28.3. The van der Waals surface area contributed by atoms with Gasteiger partial charge in [0.15, 0.2) is 5.78 Å². The van der Waals surface area contributed by atoms with Crippen LogP contribution in [0.15, 0.2) is 54.3 Å². The van der Waals surface area contributed by atoms with Gasteiger partial charge in [0.2, 0.25) is 0 Å². The summed E-state index contributed by atoms with van der Waals surface area (Å²) in [7, 11) is 2.06. The predicted octanol–water partition coefficient (Wildman–Crippen LogP) is 9.36. The van der Waals surface area contributed by atoms with E-state index in [1.807, 2.05) is 26.0 Å². The van der Waals surface area contributed by atoms with Gasteiger partial charge in [0.05, 0.1) is 0 Å². The van der Waals surface area contributed by atoms with Crippen LogP contribution in [0.3, 0.4) is 0 Å². The molecule has 1 aliphatic heterocycles. The minimum Gasteiger partial charge on any atom is -0.381 e. The monoisotopic (exact) mass is 577 g/mol. The van der Waals surface area contributed by atoms with E-state index < -0.39 is 0 Å². The number of hydrogen-bond acceptors (Lipinski definition) is 4. The van der Waals surface area contributed by atoms with Crippen molar-refractivity contribution in [2.45, 2.75) is 106 Å². The predicted molar refractivity (Wildman–Crippen MR) is 178 cm³/mol. The van der Waals surface area contributed by atoms with Gasteiger partial charge >= 0.3 is 0 Å². The summed E-state index contributed by atoms with van der Waals surface area (Å²) < 4.78 is 5.70. The van der Waals surface area contributed by atoms with Gasteiger partial charge in [-0.3, -0.25) is 9.59 Å². The van der Waals surface area contributed by atoms with Gasteiger partial charge in [-0.15, -0.1) is 0 Å². The summed E-state index contributed by atoms with van der Waals surface area (Å²) in [5.74, 6) is 2.15.